The van der Waals surface area contributed by atoms with Crippen LogP contribution in [0.5, 0.6) is 0 Å². The molecule has 19 heavy (non-hydrogen) atoms. The van der Waals surface area contributed by atoms with E-state index in [0.29, 0.717) is 0 Å². The first-order chi connectivity index (χ1) is 9.15. The second-order valence-corrected chi connectivity index (χ2v) is 5.91. The van der Waals surface area contributed by atoms with Gasteiger partial charge >= 0.3 is 0 Å². The topological polar surface area (TPSA) is 49.4 Å². The second-order valence-electron chi connectivity index (χ2n) is 4.59. The largest absolute Gasteiger partial charge is 0.343 e. The maximum atomic E-state index is 11.7. The molecule has 102 valence electrons. The van der Waals surface area contributed by atoms with Crippen molar-refractivity contribution in [2.75, 3.05) is 19.6 Å². The molecule has 2 rings (SSSR count). The zero-order chi connectivity index (χ0) is 13.7. The predicted octanol–water partition coefficient (Wildman–Crippen LogP) is 1.81. The molecule has 1 aromatic rings. The molecular formula is C14H18N2O2S. The van der Waals surface area contributed by atoms with Gasteiger partial charge in [0.05, 0.1) is 6.54 Å². The van der Waals surface area contributed by atoms with Crippen molar-refractivity contribution in [1.82, 2.24) is 10.2 Å². The molecule has 1 N–H and O–H groups in total. The Labute approximate surface area is 117 Å². The van der Waals surface area contributed by atoms with Crippen molar-refractivity contribution >= 4 is 29.2 Å². The van der Waals surface area contributed by atoms with E-state index in [2.05, 4.69) is 5.32 Å². The number of likely N-dealkylation sites (tertiary alicyclic amines) is 1. The predicted molar refractivity (Wildman–Crippen MR) is 76.9 cm³/mol. The Bertz CT molecular complexity index is 487. The van der Waals surface area contributed by atoms with E-state index < -0.39 is 0 Å². The maximum absolute atomic E-state index is 11.7. The summed E-state index contributed by atoms with van der Waals surface area (Å²) >= 11 is 1.63. The number of carbonyl (C=O) groups is 2. The molecule has 0 bridgehead atoms. The third-order valence-corrected chi connectivity index (χ3v) is 4.00. The van der Waals surface area contributed by atoms with E-state index in [1.807, 2.05) is 19.1 Å². The van der Waals surface area contributed by atoms with Crippen LogP contribution in [-0.4, -0.2) is 36.3 Å². The fourth-order valence-electron chi connectivity index (χ4n) is 2.00. The molecule has 5 heteroatoms. The van der Waals surface area contributed by atoms with Gasteiger partial charge in [-0.25, -0.2) is 0 Å². The summed E-state index contributed by atoms with van der Waals surface area (Å²) < 4.78 is 0. The summed E-state index contributed by atoms with van der Waals surface area (Å²) in [7, 11) is 0. The molecule has 1 saturated heterocycles. The van der Waals surface area contributed by atoms with E-state index in [1.165, 1.54) is 11.0 Å². The van der Waals surface area contributed by atoms with Gasteiger partial charge in [-0.15, -0.1) is 11.3 Å². The molecule has 0 spiro atoms. The summed E-state index contributed by atoms with van der Waals surface area (Å²) in [6, 6.07) is 3.98. The second kappa shape index (κ2) is 6.52. The lowest BCUT2D eigenvalue weighted by atomic mass is 10.4. The molecule has 1 aliphatic rings. The van der Waals surface area contributed by atoms with Crippen LogP contribution in [0.1, 0.15) is 22.6 Å². The van der Waals surface area contributed by atoms with Crippen molar-refractivity contribution in [2.45, 2.75) is 19.8 Å². The summed E-state index contributed by atoms with van der Waals surface area (Å²) in [6.45, 7) is 3.75. The third-order valence-electron chi connectivity index (χ3n) is 3.03. The fourth-order valence-corrected chi connectivity index (χ4v) is 2.78. The van der Waals surface area contributed by atoms with Crippen molar-refractivity contribution in [3.8, 4) is 0 Å². The summed E-state index contributed by atoms with van der Waals surface area (Å²) in [5, 5.41) is 2.62. The van der Waals surface area contributed by atoms with E-state index in [-0.39, 0.29) is 18.4 Å². The number of nitrogens with one attached hydrogen (secondary N) is 1. The van der Waals surface area contributed by atoms with Gasteiger partial charge in [0.1, 0.15) is 0 Å². The van der Waals surface area contributed by atoms with E-state index >= 15 is 0 Å². The lowest BCUT2D eigenvalue weighted by Gasteiger charge is -2.14. The number of hydrogen-bond acceptors (Lipinski definition) is 3. The van der Waals surface area contributed by atoms with Gasteiger partial charge in [0.15, 0.2) is 0 Å². The van der Waals surface area contributed by atoms with Crippen LogP contribution in [0.25, 0.3) is 6.08 Å². The first kappa shape index (κ1) is 13.8. The first-order valence-electron chi connectivity index (χ1n) is 6.45. The van der Waals surface area contributed by atoms with Crippen LogP contribution in [0.15, 0.2) is 18.2 Å². The highest BCUT2D eigenvalue weighted by atomic mass is 32.1. The Morgan fingerprint density at radius 1 is 1.37 bits per heavy atom. The van der Waals surface area contributed by atoms with E-state index in [1.54, 1.807) is 22.3 Å². The molecule has 0 aromatic carbocycles. The van der Waals surface area contributed by atoms with Crippen LogP contribution in [0.2, 0.25) is 0 Å². The number of thiophene rings is 1. The standard InChI is InChI=1S/C14H18N2O2S/c1-11-4-5-12(19-11)6-7-13(17)15-10-14(18)16-8-2-3-9-16/h4-7H,2-3,8-10H2,1H3,(H,15,17). The first-order valence-corrected chi connectivity index (χ1v) is 7.27. The summed E-state index contributed by atoms with van der Waals surface area (Å²) in [5.41, 5.74) is 0. The normalized spacial score (nSPS) is 15.1. The number of rotatable bonds is 4. The van der Waals surface area contributed by atoms with Crippen LogP contribution in [0, 0.1) is 6.92 Å². The zero-order valence-electron chi connectivity index (χ0n) is 11.0. The van der Waals surface area contributed by atoms with Crippen molar-refractivity contribution < 1.29 is 9.59 Å². The highest BCUT2D eigenvalue weighted by Crippen LogP contribution is 2.16. The Kier molecular flexibility index (Phi) is 4.74. The van der Waals surface area contributed by atoms with Crippen LogP contribution in [0.4, 0.5) is 0 Å². The number of amides is 2. The highest BCUT2D eigenvalue weighted by molar-refractivity contribution is 7.12. The van der Waals surface area contributed by atoms with Crippen molar-refractivity contribution in [3.63, 3.8) is 0 Å². The van der Waals surface area contributed by atoms with Crippen molar-refractivity contribution in [1.29, 1.82) is 0 Å². The highest BCUT2D eigenvalue weighted by Gasteiger charge is 2.17. The van der Waals surface area contributed by atoms with Crippen LogP contribution < -0.4 is 5.32 Å². The Balaban J connectivity index is 1.75. The van der Waals surface area contributed by atoms with Crippen LogP contribution in [-0.2, 0) is 9.59 Å². The quantitative estimate of drug-likeness (QED) is 0.854. The fraction of sp³-hybridized carbons (Fsp3) is 0.429. The van der Waals surface area contributed by atoms with Crippen LogP contribution in [0.3, 0.4) is 0 Å². The van der Waals surface area contributed by atoms with Gasteiger partial charge in [-0.2, -0.15) is 0 Å². The minimum absolute atomic E-state index is 0.00576. The van der Waals surface area contributed by atoms with Gasteiger partial charge in [-0.05, 0) is 38.0 Å². The van der Waals surface area contributed by atoms with Crippen LogP contribution >= 0.6 is 11.3 Å². The van der Waals surface area contributed by atoms with Gasteiger partial charge in [-0.3, -0.25) is 9.59 Å². The van der Waals surface area contributed by atoms with Gasteiger partial charge in [0.2, 0.25) is 11.8 Å². The lowest BCUT2D eigenvalue weighted by Crippen LogP contribution is -2.38. The lowest BCUT2D eigenvalue weighted by molar-refractivity contribution is -0.131. The molecular weight excluding hydrogens is 260 g/mol. The molecule has 2 heterocycles. The Morgan fingerprint density at radius 2 is 2.11 bits per heavy atom. The zero-order valence-corrected chi connectivity index (χ0v) is 11.8. The van der Waals surface area contributed by atoms with Gasteiger partial charge in [0.25, 0.3) is 0 Å². The number of nitrogens with zero attached hydrogens (tertiary/aromatic N) is 1. The Hall–Kier alpha value is -1.62. The van der Waals surface area contributed by atoms with Gasteiger partial charge in [-0.1, -0.05) is 0 Å². The molecule has 1 aromatic heterocycles. The number of carbonyl (C=O) groups excluding carboxylic acids is 2. The monoisotopic (exact) mass is 278 g/mol. The molecule has 0 atom stereocenters. The van der Waals surface area contributed by atoms with Crippen molar-refractivity contribution in [2.24, 2.45) is 0 Å². The average Bonchev–Trinajstić information content (AvgIpc) is 3.04. The minimum atomic E-state index is -0.224. The Morgan fingerprint density at radius 3 is 2.74 bits per heavy atom. The van der Waals surface area contributed by atoms with E-state index in [9.17, 15) is 9.59 Å². The molecule has 0 unspecified atom stereocenters. The summed E-state index contributed by atoms with van der Waals surface area (Å²) in [5.74, 6) is -0.218. The molecule has 0 saturated carbocycles. The maximum Gasteiger partial charge on any atom is 0.244 e. The van der Waals surface area contributed by atoms with Gasteiger partial charge < -0.3 is 10.2 Å². The molecule has 1 fully saturated rings. The smallest absolute Gasteiger partial charge is 0.244 e. The van der Waals surface area contributed by atoms with Gasteiger partial charge in [0, 0.05) is 28.9 Å². The SMILES string of the molecule is Cc1ccc(C=CC(=O)NCC(=O)N2CCCC2)s1. The third kappa shape index (κ3) is 4.21. The molecule has 0 aliphatic carbocycles. The van der Waals surface area contributed by atoms with Crippen molar-refractivity contribution in [3.05, 3.63) is 28.0 Å². The molecule has 1 aliphatic heterocycles. The van der Waals surface area contributed by atoms with E-state index in [4.69, 9.17) is 0 Å². The average molecular weight is 278 g/mol. The summed E-state index contributed by atoms with van der Waals surface area (Å²) in [6.07, 6.45) is 5.38. The van der Waals surface area contributed by atoms with E-state index in [0.717, 1.165) is 30.8 Å². The number of aryl methyl sites for hydroxylation is 1. The molecule has 0 radical (unpaired) electrons. The number of hydrogen-bond donors (Lipinski definition) is 1. The molecule has 4 nitrogen and oxygen atoms in total. The minimum Gasteiger partial charge on any atom is -0.343 e. The molecule has 2 amide bonds. The summed E-state index contributed by atoms with van der Waals surface area (Å²) in [4.78, 5) is 27.3.